The van der Waals surface area contributed by atoms with Crippen LogP contribution in [0.15, 0.2) is 22.7 Å². The molecule has 3 heteroatoms. The fourth-order valence-corrected chi connectivity index (χ4v) is 1.95. The van der Waals surface area contributed by atoms with Crippen molar-refractivity contribution in [2.24, 2.45) is 5.73 Å². The van der Waals surface area contributed by atoms with Crippen LogP contribution in [0.2, 0.25) is 0 Å². The first kappa shape index (κ1) is 12.5. The van der Waals surface area contributed by atoms with Gasteiger partial charge in [0.25, 0.3) is 0 Å². The normalized spacial score (nSPS) is 12.7. The maximum absolute atomic E-state index is 9.71. The molecule has 0 aliphatic heterocycles. The molecule has 0 unspecified atom stereocenters. The van der Waals surface area contributed by atoms with E-state index in [1.807, 2.05) is 12.1 Å². The Morgan fingerprint density at radius 2 is 2.13 bits per heavy atom. The molecule has 15 heavy (non-hydrogen) atoms. The molecule has 1 atom stereocenters. The number of hydrogen-bond acceptors (Lipinski definition) is 2. The molecule has 1 aromatic rings. The summed E-state index contributed by atoms with van der Waals surface area (Å²) in [7, 11) is 0. The van der Waals surface area contributed by atoms with E-state index in [-0.39, 0.29) is 11.8 Å². The number of rotatable bonds is 5. The van der Waals surface area contributed by atoms with Crippen LogP contribution in [0.1, 0.15) is 44.2 Å². The van der Waals surface area contributed by atoms with Gasteiger partial charge in [-0.2, -0.15) is 0 Å². The molecule has 0 radical (unpaired) electrons. The molecule has 0 fully saturated rings. The summed E-state index contributed by atoms with van der Waals surface area (Å²) in [6.45, 7) is 2.17. The van der Waals surface area contributed by atoms with E-state index in [9.17, 15) is 5.11 Å². The summed E-state index contributed by atoms with van der Waals surface area (Å²) in [6.07, 6.45) is 4.44. The summed E-state index contributed by atoms with van der Waals surface area (Å²) in [5.41, 5.74) is 6.85. The van der Waals surface area contributed by atoms with Crippen molar-refractivity contribution in [1.29, 1.82) is 0 Å². The minimum Gasteiger partial charge on any atom is -0.508 e. The van der Waals surface area contributed by atoms with Crippen LogP contribution in [0.5, 0.6) is 5.75 Å². The second-order valence-corrected chi connectivity index (χ2v) is 4.72. The van der Waals surface area contributed by atoms with Crippen LogP contribution in [0.25, 0.3) is 0 Å². The van der Waals surface area contributed by atoms with E-state index in [0.29, 0.717) is 0 Å². The van der Waals surface area contributed by atoms with E-state index in [4.69, 9.17) is 5.73 Å². The molecule has 0 amide bonds. The van der Waals surface area contributed by atoms with Gasteiger partial charge in [-0.05, 0) is 18.6 Å². The summed E-state index contributed by atoms with van der Waals surface area (Å²) in [6, 6.07) is 5.43. The Hall–Kier alpha value is -0.540. The zero-order valence-electron chi connectivity index (χ0n) is 9.04. The maximum atomic E-state index is 9.71. The monoisotopic (exact) mass is 271 g/mol. The Morgan fingerprint density at radius 1 is 1.40 bits per heavy atom. The van der Waals surface area contributed by atoms with Crippen LogP contribution in [0.3, 0.4) is 0 Å². The highest BCUT2D eigenvalue weighted by atomic mass is 79.9. The highest BCUT2D eigenvalue weighted by Crippen LogP contribution is 2.28. The first-order valence-corrected chi connectivity index (χ1v) is 6.18. The van der Waals surface area contributed by atoms with Crippen molar-refractivity contribution in [3.63, 3.8) is 0 Å². The van der Waals surface area contributed by atoms with E-state index in [2.05, 4.69) is 22.9 Å². The molecule has 1 aromatic carbocycles. The van der Waals surface area contributed by atoms with Crippen molar-refractivity contribution in [1.82, 2.24) is 0 Å². The molecule has 0 heterocycles. The Bertz CT molecular complexity index is 314. The molecule has 0 bridgehead atoms. The lowest BCUT2D eigenvalue weighted by atomic mass is 10.0. The molecule has 0 spiro atoms. The van der Waals surface area contributed by atoms with Crippen LogP contribution in [0.4, 0.5) is 0 Å². The molecule has 0 saturated carbocycles. The second kappa shape index (κ2) is 6.13. The van der Waals surface area contributed by atoms with Crippen LogP contribution in [-0.2, 0) is 0 Å². The van der Waals surface area contributed by atoms with Gasteiger partial charge in [0.1, 0.15) is 5.75 Å². The van der Waals surface area contributed by atoms with Gasteiger partial charge in [-0.15, -0.1) is 0 Å². The Kier molecular flexibility index (Phi) is 5.12. The Morgan fingerprint density at radius 3 is 2.73 bits per heavy atom. The fourth-order valence-electron chi connectivity index (χ4n) is 1.60. The fraction of sp³-hybridized carbons (Fsp3) is 0.500. The molecule has 0 saturated heterocycles. The third-order valence-corrected chi connectivity index (χ3v) is 3.00. The summed E-state index contributed by atoms with van der Waals surface area (Å²) in [5, 5.41) is 9.71. The average molecular weight is 272 g/mol. The summed E-state index contributed by atoms with van der Waals surface area (Å²) >= 11 is 3.31. The van der Waals surface area contributed by atoms with E-state index in [1.165, 1.54) is 12.8 Å². The third kappa shape index (κ3) is 3.84. The quantitative estimate of drug-likeness (QED) is 0.802. The van der Waals surface area contributed by atoms with Crippen molar-refractivity contribution in [2.75, 3.05) is 0 Å². The molecule has 1 rings (SSSR count). The Balaban J connectivity index is 2.61. The van der Waals surface area contributed by atoms with Gasteiger partial charge in [0, 0.05) is 16.1 Å². The van der Waals surface area contributed by atoms with Gasteiger partial charge < -0.3 is 10.8 Å². The SMILES string of the molecule is CCCCC[C@@H](N)c1ccc(Br)cc1O. The third-order valence-electron chi connectivity index (χ3n) is 2.51. The maximum Gasteiger partial charge on any atom is 0.121 e. The molecular formula is C12H18BrNO. The van der Waals surface area contributed by atoms with Crippen molar-refractivity contribution < 1.29 is 5.11 Å². The van der Waals surface area contributed by atoms with Crippen LogP contribution in [0, 0.1) is 0 Å². The number of phenolic OH excluding ortho intramolecular Hbond substituents is 1. The minimum atomic E-state index is -0.0513. The number of nitrogens with two attached hydrogens (primary N) is 1. The van der Waals surface area contributed by atoms with E-state index >= 15 is 0 Å². The van der Waals surface area contributed by atoms with E-state index in [1.54, 1.807) is 6.07 Å². The lowest BCUT2D eigenvalue weighted by molar-refractivity contribution is 0.455. The molecule has 0 aliphatic rings. The zero-order valence-corrected chi connectivity index (χ0v) is 10.6. The predicted octanol–water partition coefficient (Wildman–Crippen LogP) is 3.73. The number of aromatic hydroxyl groups is 1. The number of benzene rings is 1. The van der Waals surface area contributed by atoms with Crippen molar-refractivity contribution >= 4 is 15.9 Å². The number of halogens is 1. The van der Waals surface area contributed by atoms with Gasteiger partial charge in [-0.3, -0.25) is 0 Å². The van der Waals surface area contributed by atoms with Crippen LogP contribution in [-0.4, -0.2) is 5.11 Å². The predicted molar refractivity (Wildman–Crippen MR) is 66.9 cm³/mol. The molecule has 2 nitrogen and oxygen atoms in total. The lowest BCUT2D eigenvalue weighted by Crippen LogP contribution is -2.10. The van der Waals surface area contributed by atoms with E-state index in [0.717, 1.165) is 22.9 Å². The lowest BCUT2D eigenvalue weighted by Gasteiger charge is -2.13. The van der Waals surface area contributed by atoms with Crippen molar-refractivity contribution in [2.45, 2.75) is 38.6 Å². The minimum absolute atomic E-state index is 0.0513. The highest BCUT2D eigenvalue weighted by Gasteiger charge is 2.10. The Labute approximate surface area is 99.6 Å². The van der Waals surface area contributed by atoms with Gasteiger partial charge in [0.2, 0.25) is 0 Å². The molecule has 3 N–H and O–H groups in total. The molecule has 0 aliphatic carbocycles. The standard InChI is InChI=1S/C12H18BrNO/c1-2-3-4-5-11(14)10-7-6-9(13)8-12(10)15/h6-8,11,15H,2-5,14H2,1H3/t11-/m1/s1. The van der Waals surface area contributed by atoms with Crippen molar-refractivity contribution in [3.8, 4) is 5.75 Å². The number of hydrogen-bond donors (Lipinski definition) is 2. The number of phenols is 1. The molecule has 84 valence electrons. The smallest absolute Gasteiger partial charge is 0.121 e. The second-order valence-electron chi connectivity index (χ2n) is 3.81. The van der Waals surface area contributed by atoms with Crippen LogP contribution < -0.4 is 5.73 Å². The highest BCUT2D eigenvalue weighted by molar-refractivity contribution is 9.10. The van der Waals surface area contributed by atoms with Crippen LogP contribution >= 0.6 is 15.9 Å². The topological polar surface area (TPSA) is 46.2 Å². The first-order chi connectivity index (χ1) is 7.15. The van der Waals surface area contributed by atoms with Gasteiger partial charge in [-0.25, -0.2) is 0 Å². The average Bonchev–Trinajstić information content (AvgIpc) is 2.17. The summed E-state index contributed by atoms with van der Waals surface area (Å²) < 4.78 is 0.879. The summed E-state index contributed by atoms with van der Waals surface area (Å²) in [5.74, 6) is 0.286. The van der Waals surface area contributed by atoms with Crippen molar-refractivity contribution in [3.05, 3.63) is 28.2 Å². The van der Waals surface area contributed by atoms with Gasteiger partial charge in [-0.1, -0.05) is 48.2 Å². The molecular weight excluding hydrogens is 254 g/mol. The van der Waals surface area contributed by atoms with Gasteiger partial charge >= 0.3 is 0 Å². The number of unbranched alkanes of at least 4 members (excludes halogenated alkanes) is 2. The van der Waals surface area contributed by atoms with Gasteiger partial charge in [0.05, 0.1) is 0 Å². The molecule has 0 aromatic heterocycles. The zero-order chi connectivity index (χ0) is 11.3. The largest absolute Gasteiger partial charge is 0.508 e. The summed E-state index contributed by atoms with van der Waals surface area (Å²) in [4.78, 5) is 0. The van der Waals surface area contributed by atoms with E-state index < -0.39 is 0 Å². The first-order valence-electron chi connectivity index (χ1n) is 5.39. The van der Waals surface area contributed by atoms with Gasteiger partial charge in [0.15, 0.2) is 0 Å².